The summed E-state index contributed by atoms with van der Waals surface area (Å²) in [6.07, 6.45) is -2.80. The maximum absolute atomic E-state index is 11.7. The molecule has 1 aromatic rings. The van der Waals surface area contributed by atoms with Crippen molar-refractivity contribution in [3.8, 4) is 0 Å². The number of nitrogens with two attached hydrogens (primary N) is 1. The highest BCUT2D eigenvalue weighted by Crippen LogP contribution is 2.26. The molecule has 0 atom stereocenters. The van der Waals surface area contributed by atoms with Crippen LogP contribution >= 0.6 is 0 Å². The summed E-state index contributed by atoms with van der Waals surface area (Å²) in [5.74, 6) is 4.93. The molecule has 0 saturated heterocycles. The Labute approximate surface area is 54.2 Å². The molecule has 1 rings (SSSR count). The number of nitrogens with zero attached hydrogens (tertiary/aromatic N) is 2. The molecule has 0 amide bonds. The molecule has 0 fully saturated rings. The normalized spacial score (nSPS) is 11.9. The highest BCUT2D eigenvalue weighted by molar-refractivity contribution is 5.00. The molecule has 10 heavy (non-hydrogen) atoms. The Kier molecular flexibility index (Phi) is 1.31. The fourth-order valence-corrected chi connectivity index (χ4v) is 0.483. The quantitative estimate of drug-likeness (QED) is 0.552. The third-order valence-electron chi connectivity index (χ3n) is 0.892. The van der Waals surface area contributed by atoms with Gasteiger partial charge in [-0.2, -0.15) is 13.2 Å². The number of imidazole rings is 1. The van der Waals surface area contributed by atoms with Crippen molar-refractivity contribution in [3.05, 3.63) is 18.2 Å². The minimum absolute atomic E-state index is 0.708. The Morgan fingerprint density at radius 1 is 1.50 bits per heavy atom. The second-order valence-corrected chi connectivity index (χ2v) is 1.70. The Morgan fingerprint density at radius 2 is 2.10 bits per heavy atom. The first-order valence-corrected chi connectivity index (χ1v) is 2.36. The molecule has 0 spiro atoms. The molecule has 0 aliphatic carbocycles. The molecule has 0 bridgehead atoms. The molecule has 0 aliphatic rings. The standard InChI is InChI=1S/C4H4F3N3/c5-4(6,7)3-1-10(8)2-9-3/h1-2H,8H2. The van der Waals surface area contributed by atoms with E-state index in [4.69, 9.17) is 5.84 Å². The number of alkyl halides is 3. The second kappa shape index (κ2) is 1.89. The summed E-state index contributed by atoms with van der Waals surface area (Å²) in [5.41, 5.74) is -0.977. The molecule has 56 valence electrons. The lowest BCUT2D eigenvalue weighted by Crippen LogP contribution is -2.07. The van der Waals surface area contributed by atoms with Gasteiger partial charge in [0.25, 0.3) is 0 Å². The summed E-state index contributed by atoms with van der Waals surface area (Å²) in [6, 6.07) is 0. The van der Waals surface area contributed by atoms with E-state index in [0.29, 0.717) is 6.20 Å². The van der Waals surface area contributed by atoms with Gasteiger partial charge in [0.05, 0.1) is 6.20 Å². The minimum atomic E-state index is -4.40. The molecule has 3 nitrogen and oxygen atoms in total. The number of aromatic nitrogens is 2. The molecule has 1 heterocycles. The monoisotopic (exact) mass is 151 g/mol. The van der Waals surface area contributed by atoms with Crippen molar-refractivity contribution < 1.29 is 13.2 Å². The van der Waals surface area contributed by atoms with Gasteiger partial charge in [0.2, 0.25) is 0 Å². The van der Waals surface area contributed by atoms with E-state index >= 15 is 0 Å². The van der Waals surface area contributed by atoms with E-state index in [1.807, 2.05) is 0 Å². The van der Waals surface area contributed by atoms with Gasteiger partial charge in [-0.3, -0.25) is 4.68 Å². The van der Waals surface area contributed by atoms with Crippen LogP contribution in [0, 0.1) is 0 Å². The fraction of sp³-hybridized carbons (Fsp3) is 0.250. The van der Waals surface area contributed by atoms with E-state index in [2.05, 4.69) is 4.98 Å². The van der Waals surface area contributed by atoms with Crippen LogP contribution in [0.4, 0.5) is 13.2 Å². The van der Waals surface area contributed by atoms with Crippen LogP contribution in [-0.4, -0.2) is 9.66 Å². The first-order chi connectivity index (χ1) is 4.50. The van der Waals surface area contributed by atoms with E-state index in [1.54, 1.807) is 0 Å². The van der Waals surface area contributed by atoms with Gasteiger partial charge in [-0.25, -0.2) is 4.98 Å². The van der Waals surface area contributed by atoms with Crippen LogP contribution in [0.25, 0.3) is 0 Å². The van der Waals surface area contributed by atoms with Gasteiger partial charge in [0.1, 0.15) is 6.33 Å². The summed E-state index contributed by atoms with van der Waals surface area (Å²) < 4.78 is 35.8. The highest BCUT2D eigenvalue weighted by Gasteiger charge is 2.33. The Morgan fingerprint density at radius 3 is 2.30 bits per heavy atom. The number of hydrogen-bond donors (Lipinski definition) is 1. The second-order valence-electron chi connectivity index (χ2n) is 1.70. The number of halogens is 3. The van der Waals surface area contributed by atoms with Crippen molar-refractivity contribution in [2.24, 2.45) is 0 Å². The third-order valence-corrected chi connectivity index (χ3v) is 0.892. The van der Waals surface area contributed by atoms with Gasteiger partial charge >= 0.3 is 6.18 Å². The summed E-state index contributed by atoms with van der Waals surface area (Å²) in [4.78, 5) is 3.00. The van der Waals surface area contributed by atoms with E-state index in [9.17, 15) is 13.2 Å². The zero-order valence-electron chi connectivity index (χ0n) is 4.76. The van der Waals surface area contributed by atoms with Gasteiger partial charge < -0.3 is 5.84 Å². The van der Waals surface area contributed by atoms with Gasteiger partial charge in [-0.15, -0.1) is 0 Å². The number of rotatable bonds is 0. The summed E-state index contributed by atoms with van der Waals surface area (Å²) in [6.45, 7) is 0. The van der Waals surface area contributed by atoms with Crippen molar-refractivity contribution in [1.82, 2.24) is 9.66 Å². The van der Waals surface area contributed by atoms with Crippen LogP contribution < -0.4 is 5.84 Å². The van der Waals surface area contributed by atoms with Crippen molar-refractivity contribution in [1.29, 1.82) is 0 Å². The van der Waals surface area contributed by atoms with E-state index in [1.165, 1.54) is 0 Å². The molecule has 6 heteroatoms. The predicted molar refractivity (Wildman–Crippen MR) is 27.4 cm³/mol. The number of nitrogen functional groups attached to an aromatic ring is 1. The highest BCUT2D eigenvalue weighted by atomic mass is 19.4. The Balaban J connectivity index is 2.96. The first kappa shape index (κ1) is 6.91. The lowest BCUT2D eigenvalue weighted by atomic mass is 10.5. The van der Waals surface area contributed by atoms with Crippen LogP contribution in [0.5, 0.6) is 0 Å². The minimum Gasteiger partial charge on any atom is -0.338 e. The molecule has 1 aromatic heterocycles. The van der Waals surface area contributed by atoms with Gasteiger partial charge in [0, 0.05) is 0 Å². The topological polar surface area (TPSA) is 43.8 Å². The summed E-state index contributed by atoms with van der Waals surface area (Å²) in [5, 5.41) is 0. The van der Waals surface area contributed by atoms with E-state index in [-0.39, 0.29) is 0 Å². The van der Waals surface area contributed by atoms with E-state index in [0.717, 1.165) is 11.0 Å². The van der Waals surface area contributed by atoms with E-state index < -0.39 is 11.9 Å². The van der Waals surface area contributed by atoms with Crippen LogP contribution in [-0.2, 0) is 6.18 Å². The Hall–Kier alpha value is -1.20. The molecule has 0 aliphatic heterocycles. The number of hydrogen-bond acceptors (Lipinski definition) is 2. The van der Waals surface area contributed by atoms with Gasteiger partial charge in [-0.1, -0.05) is 0 Å². The van der Waals surface area contributed by atoms with Gasteiger partial charge in [0.15, 0.2) is 5.69 Å². The zero-order chi connectivity index (χ0) is 7.78. The predicted octanol–water partition coefficient (Wildman–Crippen LogP) is 0.616. The molecule has 0 aromatic carbocycles. The fourth-order valence-electron chi connectivity index (χ4n) is 0.483. The van der Waals surface area contributed by atoms with Crippen molar-refractivity contribution >= 4 is 0 Å². The molecule has 0 saturated carbocycles. The van der Waals surface area contributed by atoms with Crippen LogP contribution in [0.2, 0.25) is 0 Å². The van der Waals surface area contributed by atoms with Crippen molar-refractivity contribution in [2.45, 2.75) is 6.18 Å². The molecule has 0 unspecified atom stereocenters. The smallest absolute Gasteiger partial charge is 0.338 e. The molecule has 2 N–H and O–H groups in total. The van der Waals surface area contributed by atoms with Crippen LogP contribution in [0.15, 0.2) is 12.5 Å². The SMILES string of the molecule is Nn1cnc(C(F)(F)F)c1. The molecular formula is C4H4F3N3. The average Bonchev–Trinajstić information content (AvgIpc) is 2.11. The maximum atomic E-state index is 11.7. The summed E-state index contributed by atoms with van der Waals surface area (Å²) in [7, 11) is 0. The molecular weight excluding hydrogens is 147 g/mol. The van der Waals surface area contributed by atoms with Crippen LogP contribution in [0.3, 0.4) is 0 Å². The summed E-state index contributed by atoms with van der Waals surface area (Å²) >= 11 is 0. The lowest BCUT2D eigenvalue weighted by molar-refractivity contribution is -0.140. The average molecular weight is 151 g/mol. The third kappa shape index (κ3) is 1.20. The first-order valence-electron chi connectivity index (χ1n) is 2.36. The largest absolute Gasteiger partial charge is 0.434 e. The zero-order valence-corrected chi connectivity index (χ0v) is 4.76. The lowest BCUT2D eigenvalue weighted by Gasteiger charge is -1.98. The molecule has 0 radical (unpaired) electrons. The van der Waals surface area contributed by atoms with Crippen molar-refractivity contribution in [3.63, 3.8) is 0 Å². The Bertz CT molecular complexity index is 226. The van der Waals surface area contributed by atoms with Crippen molar-refractivity contribution in [2.75, 3.05) is 5.84 Å². The van der Waals surface area contributed by atoms with Gasteiger partial charge in [-0.05, 0) is 0 Å². The maximum Gasteiger partial charge on any atom is 0.434 e. The van der Waals surface area contributed by atoms with Crippen LogP contribution in [0.1, 0.15) is 5.69 Å².